The topological polar surface area (TPSA) is 40.5 Å². The van der Waals surface area contributed by atoms with Crippen molar-refractivity contribution in [3.05, 3.63) is 76.1 Å². The Hall–Kier alpha value is -2.59. The largest absolute Gasteiger partial charge is 0.360 e. The van der Waals surface area contributed by atoms with E-state index in [4.69, 9.17) is 0 Å². The molecule has 1 aromatic heterocycles. The lowest BCUT2D eigenvalue weighted by Crippen LogP contribution is -3.13. The molecule has 0 bridgehead atoms. The first kappa shape index (κ1) is 15.9. The summed E-state index contributed by atoms with van der Waals surface area (Å²) in [6.07, 6.45) is 0. The second-order valence-electron chi connectivity index (χ2n) is 6.85. The third-order valence-corrected chi connectivity index (χ3v) is 5.24. The molecule has 3 aromatic rings. The number of aromatic amines is 1. The van der Waals surface area contributed by atoms with Crippen molar-refractivity contribution in [3.63, 3.8) is 0 Å². The first-order chi connectivity index (χ1) is 12.2. The van der Waals surface area contributed by atoms with Gasteiger partial charge in [0.2, 0.25) is 0 Å². The van der Waals surface area contributed by atoms with E-state index in [1.54, 1.807) is 0 Å². The second kappa shape index (κ2) is 6.73. The smallest absolute Gasteiger partial charge is 0.198 e. The minimum absolute atomic E-state index is 0.185. The van der Waals surface area contributed by atoms with Crippen LogP contribution in [0.4, 0.5) is 5.69 Å². The van der Waals surface area contributed by atoms with Crippen LogP contribution in [0.2, 0.25) is 0 Å². The van der Waals surface area contributed by atoms with Gasteiger partial charge >= 0.3 is 0 Å². The molecular formula is C21H24N3O+. The zero-order chi connectivity index (χ0) is 17.2. The molecule has 1 aliphatic heterocycles. The van der Waals surface area contributed by atoms with Crippen LogP contribution in [0, 0.1) is 6.92 Å². The molecule has 2 heterocycles. The number of quaternary nitrogens is 1. The van der Waals surface area contributed by atoms with E-state index in [1.165, 1.54) is 10.6 Å². The van der Waals surface area contributed by atoms with Gasteiger partial charge < -0.3 is 14.8 Å². The maximum Gasteiger partial charge on any atom is 0.198 e. The lowest BCUT2D eigenvalue weighted by molar-refractivity contribution is -0.914. The van der Waals surface area contributed by atoms with Crippen molar-refractivity contribution in [2.75, 3.05) is 31.1 Å². The van der Waals surface area contributed by atoms with Crippen LogP contribution >= 0.6 is 0 Å². The maximum atomic E-state index is 12.9. The number of aryl methyl sites for hydroxylation is 1. The molecule has 1 saturated heterocycles. The second-order valence-corrected chi connectivity index (χ2v) is 6.85. The molecule has 2 aromatic carbocycles. The van der Waals surface area contributed by atoms with Gasteiger partial charge in [0.05, 0.1) is 31.7 Å². The fourth-order valence-corrected chi connectivity index (χ4v) is 3.76. The number of nitrogens with zero attached hydrogens (tertiary/aromatic N) is 1. The Morgan fingerprint density at radius 2 is 1.68 bits per heavy atom. The Morgan fingerprint density at radius 3 is 2.44 bits per heavy atom. The van der Waals surface area contributed by atoms with Gasteiger partial charge in [-0.3, -0.25) is 4.79 Å². The number of hydrogen-bond donors (Lipinski definition) is 2. The number of H-pyrrole nitrogens is 1. The van der Waals surface area contributed by atoms with Crippen molar-refractivity contribution in [2.45, 2.75) is 13.5 Å². The van der Waals surface area contributed by atoms with Crippen LogP contribution < -0.4 is 15.2 Å². The molecule has 25 heavy (non-hydrogen) atoms. The first-order valence-electron chi connectivity index (χ1n) is 8.96. The van der Waals surface area contributed by atoms with Crippen molar-refractivity contribution in [1.29, 1.82) is 0 Å². The number of nitrogens with one attached hydrogen (secondary N) is 2. The van der Waals surface area contributed by atoms with Crippen molar-refractivity contribution >= 4 is 16.6 Å². The number of pyridine rings is 1. The fourth-order valence-electron chi connectivity index (χ4n) is 3.76. The number of piperazine rings is 1. The van der Waals surface area contributed by atoms with Crippen LogP contribution in [0.15, 0.2) is 59.4 Å². The zero-order valence-corrected chi connectivity index (χ0v) is 14.6. The summed E-state index contributed by atoms with van der Waals surface area (Å²) in [5.74, 6) is 0. The molecule has 0 aliphatic carbocycles. The molecule has 4 nitrogen and oxygen atoms in total. The van der Waals surface area contributed by atoms with Crippen molar-refractivity contribution in [2.24, 2.45) is 0 Å². The SMILES string of the molecule is Cc1[nH]c2ccccc2c(=O)c1C[NH+]1CCN(c2ccccc2)CC1. The highest BCUT2D eigenvalue weighted by Crippen LogP contribution is 2.13. The molecular weight excluding hydrogens is 310 g/mol. The Kier molecular flexibility index (Phi) is 4.28. The third-order valence-electron chi connectivity index (χ3n) is 5.24. The summed E-state index contributed by atoms with van der Waals surface area (Å²) < 4.78 is 0. The zero-order valence-electron chi connectivity index (χ0n) is 14.6. The number of para-hydroxylation sites is 2. The molecule has 0 spiro atoms. The highest BCUT2D eigenvalue weighted by atomic mass is 16.1. The quantitative estimate of drug-likeness (QED) is 0.766. The maximum absolute atomic E-state index is 12.9. The van der Waals surface area contributed by atoms with Gasteiger partial charge in [0.15, 0.2) is 5.43 Å². The molecule has 128 valence electrons. The van der Waals surface area contributed by atoms with Crippen molar-refractivity contribution < 1.29 is 4.90 Å². The van der Waals surface area contributed by atoms with E-state index in [-0.39, 0.29) is 5.43 Å². The van der Waals surface area contributed by atoms with Crippen LogP contribution in [-0.4, -0.2) is 31.2 Å². The van der Waals surface area contributed by atoms with Crippen LogP contribution in [0.5, 0.6) is 0 Å². The van der Waals surface area contributed by atoms with E-state index in [0.29, 0.717) is 0 Å². The number of benzene rings is 2. The standard InChI is InChI=1S/C21H23N3O/c1-16-19(21(25)18-9-5-6-10-20(18)22-16)15-23-11-13-24(14-12-23)17-7-3-2-4-8-17/h2-10H,11-15H2,1H3,(H,22,25)/p+1. The van der Waals surface area contributed by atoms with Crippen LogP contribution in [0.25, 0.3) is 10.9 Å². The Balaban J connectivity index is 1.51. The highest BCUT2D eigenvalue weighted by Gasteiger charge is 2.22. The number of rotatable bonds is 3. The minimum Gasteiger partial charge on any atom is -0.360 e. The van der Waals surface area contributed by atoms with Crippen LogP contribution in [0.3, 0.4) is 0 Å². The summed E-state index contributed by atoms with van der Waals surface area (Å²) in [5, 5.41) is 0.797. The Bertz CT molecular complexity index is 925. The van der Waals surface area contributed by atoms with Gasteiger partial charge in [-0.05, 0) is 31.2 Å². The van der Waals surface area contributed by atoms with Gasteiger partial charge in [-0.15, -0.1) is 0 Å². The van der Waals surface area contributed by atoms with Gasteiger partial charge in [0.25, 0.3) is 0 Å². The van der Waals surface area contributed by atoms with E-state index in [0.717, 1.165) is 54.9 Å². The Labute approximate surface area is 147 Å². The average Bonchev–Trinajstić information content (AvgIpc) is 2.66. The van der Waals surface area contributed by atoms with Gasteiger partial charge in [-0.1, -0.05) is 30.3 Å². The Morgan fingerprint density at radius 1 is 1.00 bits per heavy atom. The van der Waals surface area contributed by atoms with Crippen molar-refractivity contribution in [1.82, 2.24) is 4.98 Å². The summed E-state index contributed by atoms with van der Waals surface area (Å²) >= 11 is 0. The summed E-state index contributed by atoms with van der Waals surface area (Å²) in [6, 6.07) is 18.4. The molecule has 0 amide bonds. The number of fused-ring (bicyclic) bond motifs is 1. The van der Waals surface area contributed by atoms with Gasteiger partial charge in [-0.2, -0.15) is 0 Å². The highest BCUT2D eigenvalue weighted by molar-refractivity contribution is 5.79. The summed E-state index contributed by atoms with van der Waals surface area (Å²) in [7, 11) is 0. The van der Waals surface area contributed by atoms with E-state index in [2.05, 4.69) is 40.2 Å². The minimum atomic E-state index is 0.185. The van der Waals surface area contributed by atoms with Crippen molar-refractivity contribution in [3.8, 4) is 0 Å². The molecule has 1 fully saturated rings. The third kappa shape index (κ3) is 3.17. The molecule has 0 radical (unpaired) electrons. The van der Waals surface area contributed by atoms with Crippen LogP contribution in [-0.2, 0) is 6.54 Å². The molecule has 0 saturated carbocycles. The van der Waals surface area contributed by atoms with E-state index >= 15 is 0 Å². The van der Waals surface area contributed by atoms with E-state index in [1.807, 2.05) is 31.2 Å². The molecule has 1 aliphatic rings. The van der Waals surface area contributed by atoms with Gasteiger partial charge in [0.1, 0.15) is 6.54 Å². The molecule has 0 atom stereocenters. The lowest BCUT2D eigenvalue weighted by atomic mass is 10.1. The average molecular weight is 334 g/mol. The van der Waals surface area contributed by atoms with E-state index in [9.17, 15) is 4.79 Å². The summed E-state index contributed by atoms with van der Waals surface area (Å²) in [4.78, 5) is 20.2. The number of aromatic nitrogens is 1. The molecule has 4 rings (SSSR count). The molecule has 4 heteroatoms. The first-order valence-corrected chi connectivity index (χ1v) is 8.96. The predicted octanol–water partition coefficient (Wildman–Crippen LogP) is 1.74. The molecule has 2 N–H and O–H groups in total. The van der Waals surface area contributed by atoms with Crippen LogP contribution in [0.1, 0.15) is 11.3 Å². The predicted molar refractivity (Wildman–Crippen MR) is 102 cm³/mol. The monoisotopic (exact) mass is 334 g/mol. The summed E-state index contributed by atoms with van der Waals surface area (Å²) in [6.45, 7) is 6.99. The van der Waals surface area contributed by atoms with Gasteiger partial charge in [-0.25, -0.2) is 0 Å². The lowest BCUT2D eigenvalue weighted by Gasteiger charge is -2.33. The van der Waals surface area contributed by atoms with E-state index < -0.39 is 0 Å². The number of anilines is 1. The fraction of sp³-hybridized carbons (Fsp3) is 0.286. The van der Waals surface area contributed by atoms with Gasteiger partial charge in [0, 0.05) is 22.3 Å². The normalized spacial score (nSPS) is 15.6. The number of hydrogen-bond acceptors (Lipinski definition) is 2. The summed E-state index contributed by atoms with van der Waals surface area (Å²) in [5.41, 5.74) is 4.34. The molecule has 0 unspecified atom stereocenters.